The molecule has 6 nitrogen and oxygen atoms in total. The predicted octanol–water partition coefficient (Wildman–Crippen LogP) is 7.25. The number of anilines is 2. The predicted molar refractivity (Wildman–Crippen MR) is 162 cm³/mol. The van der Waals surface area contributed by atoms with E-state index in [0.29, 0.717) is 23.6 Å². The van der Waals surface area contributed by atoms with Gasteiger partial charge in [0.2, 0.25) is 0 Å². The molecule has 6 heteroatoms. The first-order valence-corrected chi connectivity index (χ1v) is 13.9. The summed E-state index contributed by atoms with van der Waals surface area (Å²) in [5.41, 5.74) is 3.93. The van der Waals surface area contributed by atoms with Crippen molar-refractivity contribution in [3.63, 3.8) is 0 Å². The number of amides is 1. The SMILES string of the molecule is CCCCCOc1ccc(/C(O)=C2/C(=O)C(=O)N(c3ccc(N(C)C)cc3)C2c2ccc(C(C)(C)C)cc2)cc1. The Kier molecular flexibility index (Phi) is 8.67. The minimum absolute atomic E-state index is 0.0529. The Balaban J connectivity index is 1.77. The van der Waals surface area contributed by atoms with Crippen LogP contribution in [0.15, 0.2) is 78.4 Å². The maximum absolute atomic E-state index is 13.5. The molecule has 40 heavy (non-hydrogen) atoms. The van der Waals surface area contributed by atoms with Crippen LogP contribution in [0.1, 0.15) is 69.7 Å². The number of benzene rings is 3. The summed E-state index contributed by atoms with van der Waals surface area (Å²) < 4.78 is 5.81. The summed E-state index contributed by atoms with van der Waals surface area (Å²) in [5.74, 6) is -0.879. The molecule has 1 unspecified atom stereocenters. The first kappa shape index (κ1) is 28.9. The molecule has 1 heterocycles. The van der Waals surface area contributed by atoms with Crippen LogP contribution in [0.4, 0.5) is 11.4 Å². The molecule has 4 rings (SSSR count). The lowest BCUT2D eigenvalue weighted by Crippen LogP contribution is -2.29. The lowest BCUT2D eigenvalue weighted by atomic mass is 9.85. The van der Waals surface area contributed by atoms with Gasteiger partial charge in [0.15, 0.2) is 0 Å². The van der Waals surface area contributed by atoms with Gasteiger partial charge in [0, 0.05) is 31.0 Å². The number of hydrogen-bond donors (Lipinski definition) is 1. The van der Waals surface area contributed by atoms with Gasteiger partial charge in [0.1, 0.15) is 11.5 Å². The van der Waals surface area contributed by atoms with Crippen LogP contribution < -0.4 is 14.5 Å². The number of aliphatic hydroxyl groups is 1. The Hall–Kier alpha value is -4.06. The number of rotatable bonds is 9. The molecule has 0 aliphatic carbocycles. The molecule has 3 aromatic carbocycles. The van der Waals surface area contributed by atoms with Gasteiger partial charge >= 0.3 is 0 Å². The van der Waals surface area contributed by atoms with Crippen LogP contribution in [0.5, 0.6) is 5.75 Å². The zero-order valence-electron chi connectivity index (χ0n) is 24.4. The van der Waals surface area contributed by atoms with Crippen molar-refractivity contribution >= 4 is 28.8 Å². The Labute approximate surface area is 237 Å². The van der Waals surface area contributed by atoms with Gasteiger partial charge in [-0.1, -0.05) is 64.8 Å². The van der Waals surface area contributed by atoms with E-state index < -0.39 is 17.7 Å². The van der Waals surface area contributed by atoms with Crippen LogP contribution in [-0.2, 0) is 15.0 Å². The smallest absolute Gasteiger partial charge is 0.300 e. The van der Waals surface area contributed by atoms with Gasteiger partial charge in [0.25, 0.3) is 11.7 Å². The van der Waals surface area contributed by atoms with Crippen molar-refractivity contribution in [2.45, 2.75) is 58.4 Å². The van der Waals surface area contributed by atoms with Crippen LogP contribution in [0.2, 0.25) is 0 Å². The molecule has 1 amide bonds. The van der Waals surface area contributed by atoms with E-state index >= 15 is 0 Å². The van der Waals surface area contributed by atoms with Crippen molar-refractivity contribution in [2.24, 2.45) is 0 Å². The molecule has 1 aliphatic heterocycles. The zero-order valence-corrected chi connectivity index (χ0v) is 24.4. The summed E-state index contributed by atoms with van der Waals surface area (Å²) in [6.07, 6.45) is 3.20. The molecule has 210 valence electrons. The van der Waals surface area contributed by atoms with E-state index in [-0.39, 0.29) is 16.7 Å². The molecular formula is C34H40N2O4. The fourth-order valence-corrected chi connectivity index (χ4v) is 4.90. The third kappa shape index (κ3) is 6.06. The highest BCUT2D eigenvalue weighted by atomic mass is 16.5. The molecule has 0 aromatic heterocycles. The van der Waals surface area contributed by atoms with Crippen LogP contribution in [0.25, 0.3) is 5.76 Å². The highest BCUT2D eigenvalue weighted by molar-refractivity contribution is 6.51. The lowest BCUT2D eigenvalue weighted by Gasteiger charge is -2.27. The molecule has 0 radical (unpaired) electrons. The second-order valence-electron chi connectivity index (χ2n) is 11.5. The summed E-state index contributed by atoms with van der Waals surface area (Å²) in [6.45, 7) is 9.18. The molecular weight excluding hydrogens is 500 g/mol. The molecule has 0 saturated carbocycles. The normalized spacial score (nSPS) is 16.9. The van der Waals surface area contributed by atoms with Gasteiger partial charge in [0.05, 0.1) is 18.2 Å². The molecule has 1 aliphatic rings. The number of unbranched alkanes of at least 4 members (excludes halogenated alkanes) is 2. The number of ketones is 1. The third-order valence-electron chi connectivity index (χ3n) is 7.33. The van der Waals surface area contributed by atoms with Gasteiger partial charge in [-0.3, -0.25) is 14.5 Å². The second kappa shape index (κ2) is 12.0. The standard InChI is InChI=1S/C34H40N2O4/c1-7-8-9-22-40-28-20-12-24(13-21-28)31(37)29-30(23-10-14-25(15-11-23)34(2,3)4)36(33(39)32(29)38)27-18-16-26(17-19-27)35(5)6/h10-21,30,37H,7-9,22H2,1-6H3/b31-29-. The van der Waals surface area contributed by atoms with Crippen LogP contribution in [0.3, 0.4) is 0 Å². The summed E-state index contributed by atoms with van der Waals surface area (Å²) in [4.78, 5) is 30.5. The summed E-state index contributed by atoms with van der Waals surface area (Å²) in [7, 11) is 3.89. The first-order chi connectivity index (χ1) is 19.0. The van der Waals surface area contributed by atoms with Crippen LogP contribution in [-0.4, -0.2) is 37.5 Å². The summed E-state index contributed by atoms with van der Waals surface area (Å²) >= 11 is 0. The second-order valence-corrected chi connectivity index (χ2v) is 11.5. The Morgan fingerprint density at radius 1 is 0.900 bits per heavy atom. The van der Waals surface area contributed by atoms with E-state index in [4.69, 9.17) is 4.74 Å². The molecule has 1 fully saturated rings. The van der Waals surface area contributed by atoms with E-state index in [1.54, 1.807) is 24.3 Å². The number of Topliss-reactive ketones (excluding diaryl/α,β-unsaturated/α-hetero) is 1. The molecule has 0 bridgehead atoms. The maximum atomic E-state index is 13.5. The number of carbonyl (C=O) groups is 2. The van der Waals surface area contributed by atoms with E-state index in [1.807, 2.05) is 67.5 Å². The van der Waals surface area contributed by atoms with Crippen LogP contribution in [0, 0.1) is 0 Å². The van der Waals surface area contributed by atoms with Crippen molar-refractivity contribution in [1.29, 1.82) is 0 Å². The number of nitrogens with zero attached hydrogens (tertiary/aromatic N) is 2. The number of hydrogen-bond acceptors (Lipinski definition) is 5. The minimum Gasteiger partial charge on any atom is -0.507 e. The highest BCUT2D eigenvalue weighted by Gasteiger charge is 2.47. The van der Waals surface area contributed by atoms with Gasteiger partial charge in [-0.05, 0) is 71.5 Å². The number of aliphatic hydroxyl groups excluding tert-OH is 1. The Morgan fingerprint density at radius 2 is 1.52 bits per heavy atom. The third-order valence-corrected chi connectivity index (χ3v) is 7.33. The van der Waals surface area contributed by atoms with E-state index in [0.717, 1.165) is 36.1 Å². The lowest BCUT2D eigenvalue weighted by molar-refractivity contribution is -0.132. The average molecular weight is 541 g/mol. The van der Waals surface area contributed by atoms with E-state index in [1.165, 1.54) is 4.90 Å². The molecule has 0 spiro atoms. The fraction of sp³-hybridized carbons (Fsp3) is 0.353. The van der Waals surface area contributed by atoms with Crippen molar-refractivity contribution in [3.05, 3.63) is 95.1 Å². The highest BCUT2D eigenvalue weighted by Crippen LogP contribution is 2.43. The molecule has 1 saturated heterocycles. The van der Waals surface area contributed by atoms with Gasteiger partial charge in [-0.25, -0.2) is 0 Å². The number of ether oxygens (including phenoxy) is 1. The zero-order chi connectivity index (χ0) is 29.0. The molecule has 1 N–H and O–H groups in total. The topological polar surface area (TPSA) is 70.1 Å². The largest absolute Gasteiger partial charge is 0.507 e. The monoisotopic (exact) mass is 540 g/mol. The minimum atomic E-state index is -0.774. The Bertz CT molecular complexity index is 1370. The van der Waals surface area contributed by atoms with Gasteiger partial charge in [-0.15, -0.1) is 0 Å². The van der Waals surface area contributed by atoms with Crippen LogP contribution >= 0.6 is 0 Å². The van der Waals surface area contributed by atoms with Crippen molar-refractivity contribution in [1.82, 2.24) is 0 Å². The number of carbonyl (C=O) groups excluding carboxylic acids is 2. The fourth-order valence-electron chi connectivity index (χ4n) is 4.90. The van der Waals surface area contributed by atoms with Gasteiger partial charge < -0.3 is 14.7 Å². The first-order valence-electron chi connectivity index (χ1n) is 13.9. The van der Waals surface area contributed by atoms with E-state index in [9.17, 15) is 14.7 Å². The molecule has 1 atom stereocenters. The Morgan fingerprint density at radius 3 is 2.08 bits per heavy atom. The summed E-state index contributed by atoms with van der Waals surface area (Å²) in [6, 6.07) is 21.7. The van der Waals surface area contributed by atoms with E-state index in [2.05, 4.69) is 27.7 Å². The summed E-state index contributed by atoms with van der Waals surface area (Å²) in [5, 5.41) is 11.5. The van der Waals surface area contributed by atoms with Crippen molar-refractivity contribution in [2.75, 3.05) is 30.5 Å². The average Bonchev–Trinajstić information content (AvgIpc) is 3.20. The van der Waals surface area contributed by atoms with Crippen molar-refractivity contribution in [3.8, 4) is 5.75 Å². The quantitative estimate of drug-likeness (QED) is 0.134. The maximum Gasteiger partial charge on any atom is 0.300 e. The van der Waals surface area contributed by atoms with Gasteiger partial charge in [-0.2, -0.15) is 0 Å². The van der Waals surface area contributed by atoms with Crippen molar-refractivity contribution < 1.29 is 19.4 Å². The molecule has 3 aromatic rings.